The highest BCUT2D eigenvalue weighted by Crippen LogP contribution is 2.22. The van der Waals surface area contributed by atoms with E-state index in [9.17, 15) is 8.42 Å². The zero-order valence-corrected chi connectivity index (χ0v) is 11.4. The summed E-state index contributed by atoms with van der Waals surface area (Å²) in [6, 6.07) is 5.10. The molecular formula is C11H13N3O2S2. The lowest BCUT2D eigenvalue weighted by Gasteiger charge is -2.10. The Hall–Kier alpha value is -1.60. The van der Waals surface area contributed by atoms with E-state index >= 15 is 0 Å². The third-order valence-electron chi connectivity index (χ3n) is 2.17. The fourth-order valence-electron chi connectivity index (χ4n) is 1.46. The molecule has 0 bridgehead atoms. The normalized spacial score (nSPS) is 11.2. The second-order valence-electron chi connectivity index (χ2n) is 3.50. The summed E-state index contributed by atoms with van der Waals surface area (Å²) in [4.78, 5) is 3.94. The van der Waals surface area contributed by atoms with Gasteiger partial charge in [-0.25, -0.2) is 4.98 Å². The van der Waals surface area contributed by atoms with Gasteiger partial charge in [0.1, 0.15) is 0 Å². The van der Waals surface area contributed by atoms with Crippen molar-refractivity contribution in [2.75, 3.05) is 16.6 Å². The minimum absolute atomic E-state index is 0.0121. The maximum Gasteiger partial charge on any atom is 0.281 e. The molecule has 96 valence electrons. The lowest BCUT2D eigenvalue weighted by Crippen LogP contribution is -2.16. The number of aromatic nitrogens is 1. The van der Waals surface area contributed by atoms with Crippen molar-refractivity contribution in [2.24, 2.45) is 0 Å². The number of rotatable bonds is 5. The van der Waals surface area contributed by atoms with Gasteiger partial charge in [-0.3, -0.25) is 4.72 Å². The molecule has 2 aromatic rings. The van der Waals surface area contributed by atoms with Crippen LogP contribution < -0.4 is 10.0 Å². The number of nitrogens with zero attached hydrogens (tertiary/aromatic N) is 1. The Balaban J connectivity index is 2.35. The summed E-state index contributed by atoms with van der Waals surface area (Å²) in [5.41, 5.74) is 1.05. The van der Waals surface area contributed by atoms with Crippen LogP contribution in [-0.2, 0) is 10.0 Å². The zero-order valence-electron chi connectivity index (χ0n) is 9.75. The lowest BCUT2D eigenvalue weighted by molar-refractivity contribution is 0.598. The molecule has 0 fully saturated rings. The van der Waals surface area contributed by atoms with E-state index in [0.717, 1.165) is 0 Å². The number of sulfonamides is 1. The lowest BCUT2D eigenvalue weighted by atomic mass is 10.4. The largest absolute Gasteiger partial charge is 0.383 e. The molecule has 2 aromatic heterocycles. The zero-order chi connectivity index (χ0) is 13.0. The molecule has 0 saturated heterocycles. The Morgan fingerprint density at radius 3 is 2.89 bits per heavy atom. The van der Waals surface area contributed by atoms with Crippen molar-refractivity contribution >= 4 is 32.7 Å². The van der Waals surface area contributed by atoms with E-state index in [1.807, 2.05) is 12.3 Å². The molecule has 0 aliphatic carbocycles. The molecule has 18 heavy (non-hydrogen) atoms. The molecule has 0 saturated carbocycles. The van der Waals surface area contributed by atoms with Crippen LogP contribution >= 0.6 is 11.3 Å². The van der Waals surface area contributed by atoms with Crippen molar-refractivity contribution in [2.45, 2.75) is 11.9 Å². The van der Waals surface area contributed by atoms with Gasteiger partial charge in [-0.05, 0) is 30.5 Å². The average Bonchev–Trinajstić information content (AvgIpc) is 2.82. The number of thiophene rings is 1. The second-order valence-corrected chi connectivity index (χ2v) is 5.88. The first kappa shape index (κ1) is 12.8. The fourth-order valence-corrected chi connectivity index (χ4v) is 3.28. The third-order valence-corrected chi connectivity index (χ3v) is 4.19. The quantitative estimate of drug-likeness (QED) is 0.883. The molecular weight excluding hydrogens is 270 g/mol. The van der Waals surface area contributed by atoms with E-state index in [-0.39, 0.29) is 5.03 Å². The number of anilines is 2. The number of hydrogen-bond donors (Lipinski definition) is 2. The molecule has 0 unspecified atom stereocenters. The van der Waals surface area contributed by atoms with Gasteiger partial charge in [0.25, 0.3) is 10.0 Å². The average molecular weight is 283 g/mol. The Morgan fingerprint density at radius 2 is 2.22 bits per heavy atom. The summed E-state index contributed by atoms with van der Waals surface area (Å²) in [7, 11) is -3.65. The van der Waals surface area contributed by atoms with E-state index in [2.05, 4.69) is 15.0 Å². The molecule has 0 radical (unpaired) electrons. The molecule has 0 atom stereocenters. The van der Waals surface area contributed by atoms with Crippen LogP contribution in [-0.4, -0.2) is 19.9 Å². The van der Waals surface area contributed by atoms with Crippen molar-refractivity contribution in [3.05, 3.63) is 35.2 Å². The second kappa shape index (κ2) is 5.36. The molecule has 2 N–H and O–H groups in total. The maximum atomic E-state index is 12.2. The minimum Gasteiger partial charge on any atom is -0.383 e. The standard InChI is InChI=1S/C11H13N3O2S2/c1-2-12-10-4-3-6-13-11(10)18(15,16)14-9-5-7-17-8-9/h3-8,12,14H,2H2,1H3. The van der Waals surface area contributed by atoms with E-state index in [0.29, 0.717) is 17.9 Å². The Morgan fingerprint density at radius 1 is 1.39 bits per heavy atom. The molecule has 0 aliphatic rings. The van der Waals surface area contributed by atoms with Gasteiger partial charge in [0, 0.05) is 18.1 Å². The molecule has 5 nitrogen and oxygen atoms in total. The first-order valence-corrected chi connectivity index (χ1v) is 7.80. The van der Waals surface area contributed by atoms with Crippen LogP contribution in [0.5, 0.6) is 0 Å². The van der Waals surface area contributed by atoms with Crippen molar-refractivity contribution in [3.63, 3.8) is 0 Å². The third kappa shape index (κ3) is 2.80. The van der Waals surface area contributed by atoms with Crippen LogP contribution in [0.4, 0.5) is 11.4 Å². The minimum atomic E-state index is -3.65. The van der Waals surface area contributed by atoms with Crippen LogP contribution in [0.25, 0.3) is 0 Å². The summed E-state index contributed by atoms with van der Waals surface area (Å²) in [5, 5.41) is 6.53. The van der Waals surface area contributed by atoms with Crippen molar-refractivity contribution in [1.29, 1.82) is 0 Å². The number of pyridine rings is 1. The van der Waals surface area contributed by atoms with Crippen LogP contribution in [0.3, 0.4) is 0 Å². The molecule has 2 rings (SSSR count). The maximum absolute atomic E-state index is 12.2. The smallest absolute Gasteiger partial charge is 0.281 e. The predicted molar refractivity (Wildman–Crippen MR) is 73.5 cm³/mol. The van der Waals surface area contributed by atoms with Crippen LogP contribution in [0, 0.1) is 0 Å². The summed E-state index contributed by atoms with van der Waals surface area (Å²) >= 11 is 1.43. The SMILES string of the molecule is CCNc1cccnc1S(=O)(=O)Nc1ccsc1. The molecule has 7 heteroatoms. The molecule has 0 spiro atoms. The van der Waals surface area contributed by atoms with Gasteiger partial charge in [-0.15, -0.1) is 0 Å². The Bertz CT molecular complexity index is 609. The van der Waals surface area contributed by atoms with Gasteiger partial charge in [0.05, 0.1) is 11.4 Å². The monoisotopic (exact) mass is 283 g/mol. The van der Waals surface area contributed by atoms with Gasteiger partial charge < -0.3 is 5.32 Å². The van der Waals surface area contributed by atoms with Crippen LogP contribution in [0.1, 0.15) is 6.92 Å². The van der Waals surface area contributed by atoms with Crippen LogP contribution in [0.2, 0.25) is 0 Å². The van der Waals surface area contributed by atoms with E-state index in [4.69, 9.17) is 0 Å². The number of hydrogen-bond acceptors (Lipinski definition) is 5. The highest BCUT2D eigenvalue weighted by atomic mass is 32.2. The van der Waals surface area contributed by atoms with Gasteiger partial charge in [0.15, 0.2) is 5.03 Å². The van der Waals surface area contributed by atoms with E-state index in [1.165, 1.54) is 17.5 Å². The first-order valence-electron chi connectivity index (χ1n) is 5.37. The van der Waals surface area contributed by atoms with E-state index in [1.54, 1.807) is 23.6 Å². The Labute approximate surface area is 110 Å². The molecule has 0 aromatic carbocycles. The highest BCUT2D eigenvalue weighted by molar-refractivity contribution is 7.92. The van der Waals surface area contributed by atoms with Crippen molar-refractivity contribution in [1.82, 2.24) is 4.98 Å². The Kier molecular flexibility index (Phi) is 3.83. The van der Waals surface area contributed by atoms with Gasteiger partial charge >= 0.3 is 0 Å². The van der Waals surface area contributed by atoms with Crippen LogP contribution in [0.15, 0.2) is 40.2 Å². The summed E-state index contributed by atoms with van der Waals surface area (Å²) in [5.74, 6) is 0. The predicted octanol–water partition coefficient (Wildman–Crippen LogP) is 2.38. The molecule has 0 amide bonds. The van der Waals surface area contributed by atoms with Crippen molar-refractivity contribution < 1.29 is 8.42 Å². The molecule has 0 aliphatic heterocycles. The van der Waals surface area contributed by atoms with Gasteiger partial charge in [-0.1, -0.05) is 0 Å². The number of nitrogens with one attached hydrogen (secondary N) is 2. The molecule has 2 heterocycles. The summed E-state index contributed by atoms with van der Waals surface area (Å²) in [6.07, 6.45) is 1.46. The van der Waals surface area contributed by atoms with E-state index < -0.39 is 10.0 Å². The topological polar surface area (TPSA) is 71.1 Å². The highest BCUT2D eigenvalue weighted by Gasteiger charge is 2.20. The fraction of sp³-hybridized carbons (Fsp3) is 0.182. The summed E-state index contributed by atoms with van der Waals surface area (Å²) in [6.45, 7) is 2.53. The van der Waals surface area contributed by atoms with Crippen molar-refractivity contribution in [3.8, 4) is 0 Å². The van der Waals surface area contributed by atoms with Gasteiger partial charge in [-0.2, -0.15) is 19.8 Å². The van der Waals surface area contributed by atoms with Gasteiger partial charge in [0.2, 0.25) is 0 Å². The summed E-state index contributed by atoms with van der Waals surface area (Å²) < 4.78 is 26.9. The first-order chi connectivity index (χ1) is 8.63.